The van der Waals surface area contributed by atoms with Crippen molar-refractivity contribution >= 4 is 23.5 Å². The maximum Gasteiger partial charge on any atom is 0.269 e. The summed E-state index contributed by atoms with van der Waals surface area (Å²) >= 11 is 0. The largest absolute Gasteiger partial charge is 0.364 e. The fourth-order valence-corrected chi connectivity index (χ4v) is 4.14. The van der Waals surface area contributed by atoms with E-state index < -0.39 is 5.91 Å². The van der Waals surface area contributed by atoms with Gasteiger partial charge in [0.15, 0.2) is 11.5 Å². The number of carbonyl (C=O) groups is 3. The maximum absolute atomic E-state index is 12.7. The molecule has 1 saturated heterocycles. The van der Waals surface area contributed by atoms with Crippen molar-refractivity contribution in [2.45, 2.75) is 32.2 Å². The molecule has 4 rings (SSSR count). The summed E-state index contributed by atoms with van der Waals surface area (Å²) in [6.07, 6.45) is 7.16. The Morgan fingerprint density at radius 2 is 1.94 bits per heavy atom. The van der Waals surface area contributed by atoms with Crippen molar-refractivity contribution in [2.24, 2.45) is 5.73 Å². The number of hydrogen-bond donors (Lipinski definition) is 3. The van der Waals surface area contributed by atoms with Crippen molar-refractivity contribution in [1.29, 1.82) is 0 Å². The number of nitrogens with two attached hydrogens (primary N) is 2. The highest BCUT2D eigenvalue weighted by atomic mass is 16.2. The van der Waals surface area contributed by atoms with Crippen LogP contribution in [0.3, 0.4) is 0 Å². The zero-order chi connectivity index (χ0) is 24.9. The first-order valence-electron chi connectivity index (χ1n) is 11.4. The number of imidazole rings is 1. The first-order valence-corrected chi connectivity index (χ1v) is 11.4. The number of nitrogens with one attached hydrogen (secondary N) is 1. The van der Waals surface area contributed by atoms with Crippen LogP contribution in [0.4, 0.5) is 5.82 Å². The van der Waals surface area contributed by atoms with Gasteiger partial charge in [-0.05, 0) is 49.6 Å². The fourth-order valence-electron chi connectivity index (χ4n) is 4.14. The lowest BCUT2D eigenvalue weighted by Gasteiger charge is -2.23. The predicted octanol–water partition coefficient (Wildman–Crippen LogP) is 2.64. The van der Waals surface area contributed by atoms with E-state index >= 15 is 0 Å². The summed E-state index contributed by atoms with van der Waals surface area (Å²) < 4.78 is 1.18. The molecule has 1 unspecified atom stereocenters. The molecule has 5 N–H and O–H groups in total. The standard InChI is InChI=1S/C25H27N7O3/c1-2-3-9-20(33)31-15-6-7-18(31)24-30-21(22(23(26)34)32(24)27)16-10-12-17(13-11-16)25(35)29-19-8-4-5-14-28-19/h3-5,8-14,18H,2,6-7,15,27H2,1H3,(H2,26,34)(H,28,29,35). The number of rotatable bonds is 7. The molecule has 1 aliphatic heterocycles. The maximum atomic E-state index is 12.7. The van der Waals surface area contributed by atoms with Gasteiger partial charge >= 0.3 is 0 Å². The van der Waals surface area contributed by atoms with Crippen LogP contribution in [0.25, 0.3) is 11.3 Å². The highest BCUT2D eigenvalue weighted by Crippen LogP contribution is 2.34. The summed E-state index contributed by atoms with van der Waals surface area (Å²) in [5.41, 5.74) is 6.96. The van der Waals surface area contributed by atoms with Crippen molar-refractivity contribution in [2.75, 3.05) is 17.7 Å². The van der Waals surface area contributed by atoms with Crippen LogP contribution < -0.4 is 16.9 Å². The van der Waals surface area contributed by atoms with Crippen LogP contribution in [0.5, 0.6) is 0 Å². The van der Waals surface area contributed by atoms with Gasteiger partial charge in [-0.2, -0.15) is 0 Å². The number of nitrogen functional groups attached to an aromatic ring is 1. The van der Waals surface area contributed by atoms with E-state index in [1.54, 1.807) is 65.7 Å². The highest BCUT2D eigenvalue weighted by Gasteiger charge is 2.34. The molecule has 1 atom stereocenters. The molecule has 1 aromatic carbocycles. The van der Waals surface area contributed by atoms with Gasteiger partial charge in [0.25, 0.3) is 11.8 Å². The summed E-state index contributed by atoms with van der Waals surface area (Å²) in [6, 6.07) is 11.4. The second kappa shape index (κ2) is 10.2. The monoisotopic (exact) mass is 473 g/mol. The van der Waals surface area contributed by atoms with E-state index in [2.05, 4.69) is 15.3 Å². The Morgan fingerprint density at radius 1 is 1.17 bits per heavy atom. The van der Waals surface area contributed by atoms with Gasteiger partial charge in [-0.3, -0.25) is 14.4 Å². The van der Waals surface area contributed by atoms with Crippen molar-refractivity contribution < 1.29 is 14.4 Å². The molecule has 1 aliphatic rings. The zero-order valence-corrected chi connectivity index (χ0v) is 19.3. The van der Waals surface area contributed by atoms with Gasteiger partial charge in [0.1, 0.15) is 11.5 Å². The zero-order valence-electron chi connectivity index (χ0n) is 19.3. The predicted molar refractivity (Wildman–Crippen MR) is 132 cm³/mol. The average Bonchev–Trinajstić information content (AvgIpc) is 3.47. The Kier molecular flexibility index (Phi) is 6.91. The summed E-state index contributed by atoms with van der Waals surface area (Å²) in [5, 5.41) is 2.72. The number of carbonyl (C=O) groups excluding carboxylic acids is 3. The second-order valence-electron chi connectivity index (χ2n) is 8.15. The molecule has 10 heteroatoms. The number of primary amides is 1. The van der Waals surface area contributed by atoms with E-state index in [-0.39, 0.29) is 23.6 Å². The summed E-state index contributed by atoms with van der Waals surface area (Å²) in [6.45, 7) is 2.53. The Bertz CT molecular complexity index is 1270. The first-order chi connectivity index (χ1) is 16.9. The molecule has 0 bridgehead atoms. The SMILES string of the molecule is CCC=CC(=O)N1CCCC1c1nc(-c2ccc(C(=O)Nc3ccccn3)cc2)c(C(N)=O)n1N. The van der Waals surface area contributed by atoms with Crippen LogP contribution in [0, 0.1) is 0 Å². The van der Waals surface area contributed by atoms with Gasteiger partial charge in [0.05, 0.1) is 6.04 Å². The number of hydrogen-bond acceptors (Lipinski definition) is 6. The quantitative estimate of drug-likeness (QED) is 0.355. The number of nitrogens with zero attached hydrogens (tertiary/aromatic N) is 4. The third-order valence-corrected chi connectivity index (χ3v) is 5.83. The lowest BCUT2D eigenvalue weighted by atomic mass is 10.1. The number of allylic oxidation sites excluding steroid dienone is 1. The molecule has 1 fully saturated rings. The summed E-state index contributed by atoms with van der Waals surface area (Å²) in [4.78, 5) is 47.9. The number of pyridine rings is 1. The van der Waals surface area contributed by atoms with Gasteiger partial charge in [-0.15, -0.1) is 0 Å². The number of aromatic nitrogens is 3. The molecule has 3 aromatic rings. The van der Waals surface area contributed by atoms with Crippen LogP contribution in [-0.2, 0) is 4.79 Å². The number of benzene rings is 1. The van der Waals surface area contributed by atoms with Gasteiger partial charge < -0.3 is 21.8 Å². The Morgan fingerprint density at radius 3 is 2.60 bits per heavy atom. The molecule has 3 amide bonds. The normalized spacial score (nSPS) is 15.5. The lowest BCUT2D eigenvalue weighted by molar-refractivity contribution is -0.127. The Hall–Kier alpha value is -4.47. The van der Waals surface area contributed by atoms with Crippen molar-refractivity contribution in [3.05, 3.63) is 77.9 Å². The van der Waals surface area contributed by atoms with E-state index in [1.807, 2.05) is 6.92 Å². The van der Waals surface area contributed by atoms with E-state index in [1.165, 1.54) is 4.68 Å². The van der Waals surface area contributed by atoms with Gasteiger partial charge in [0.2, 0.25) is 5.91 Å². The van der Waals surface area contributed by atoms with Crippen molar-refractivity contribution in [1.82, 2.24) is 19.5 Å². The fraction of sp³-hybridized carbons (Fsp3) is 0.240. The Labute approximate surface area is 202 Å². The minimum absolute atomic E-state index is 0.0362. The molecular weight excluding hydrogens is 446 g/mol. The molecule has 2 aromatic heterocycles. The summed E-state index contributed by atoms with van der Waals surface area (Å²) in [5.74, 6) is 5.92. The molecule has 35 heavy (non-hydrogen) atoms. The van der Waals surface area contributed by atoms with Crippen LogP contribution in [-0.4, -0.2) is 43.8 Å². The van der Waals surface area contributed by atoms with Crippen LogP contribution in [0.15, 0.2) is 60.8 Å². The second-order valence-corrected chi connectivity index (χ2v) is 8.15. The van der Waals surface area contributed by atoms with Crippen molar-refractivity contribution in [3.8, 4) is 11.3 Å². The highest BCUT2D eigenvalue weighted by molar-refractivity contribution is 6.04. The molecule has 3 heterocycles. The third kappa shape index (κ3) is 4.91. The van der Waals surface area contributed by atoms with E-state index in [4.69, 9.17) is 11.6 Å². The van der Waals surface area contributed by atoms with Gasteiger partial charge in [-0.25, -0.2) is 14.6 Å². The number of anilines is 1. The molecule has 0 saturated carbocycles. The van der Waals surface area contributed by atoms with Gasteiger partial charge in [0, 0.05) is 23.9 Å². The minimum Gasteiger partial charge on any atom is -0.364 e. The third-order valence-electron chi connectivity index (χ3n) is 5.83. The first kappa shape index (κ1) is 23.7. The van der Waals surface area contributed by atoms with E-state index in [9.17, 15) is 14.4 Å². The average molecular weight is 474 g/mol. The minimum atomic E-state index is -0.736. The number of likely N-dealkylation sites (tertiary alicyclic amines) is 1. The van der Waals surface area contributed by atoms with Gasteiger partial charge in [-0.1, -0.05) is 31.2 Å². The van der Waals surface area contributed by atoms with Crippen LogP contribution in [0.1, 0.15) is 58.9 Å². The Balaban J connectivity index is 1.63. The molecular formula is C25H27N7O3. The molecule has 0 radical (unpaired) electrons. The number of amides is 3. The molecule has 0 aliphatic carbocycles. The van der Waals surface area contributed by atoms with Crippen molar-refractivity contribution in [3.63, 3.8) is 0 Å². The lowest BCUT2D eigenvalue weighted by Crippen LogP contribution is -2.33. The van der Waals surface area contributed by atoms with Crippen LogP contribution >= 0.6 is 0 Å². The topological polar surface area (TPSA) is 149 Å². The molecule has 10 nitrogen and oxygen atoms in total. The molecule has 0 spiro atoms. The van der Waals surface area contributed by atoms with E-state index in [0.29, 0.717) is 41.4 Å². The smallest absolute Gasteiger partial charge is 0.269 e. The summed E-state index contributed by atoms with van der Waals surface area (Å²) in [7, 11) is 0. The van der Waals surface area contributed by atoms with E-state index in [0.717, 1.165) is 12.8 Å². The van der Waals surface area contributed by atoms with Crippen LogP contribution in [0.2, 0.25) is 0 Å². The molecule has 180 valence electrons.